The van der Waals surface area contributed by atoms with Crippen molar-refractivity contribution in [1.82, 2.24) is 30.0 Å². The first-order chi connectivity index (χ1) is 19.4. The number of nitrogens with zero attached hydrogens (tertiary/aromatic N) is 7. The van der Waals surface area contributed by atoms with Crippen molar-refractivity contribution < 1.29 is 4.79 Å². The summed E-state index contributed by atoms with van der Waals surface area (Å²) in [6, 6.07) is 7.26. The molecule has 2 aliphatic heterocycles. The number of aromatic nitrogens is 4. The fourth-order valence-electron chi connectivity index (χ4n) is 5.63. The Hall–Kier alpha value is -2.93. The lowest BCUT2D eigenvalue weighted by molar-refractivity contribution is -0.120. The molecule has 0 saturated carbocycles. The Balaban J connectivity index is 0.00000181. The molecule has 40 heavy (non-hydrogen) atoms. The lowest BCUT2D eigenvalue weighted by Gasteiger charge is -2.47. The van der Waals surface area contributed by atoms with Crippen LogP contribution in [0, 0.1) is 23.2 Å². The van der Waals surface area contributed by atoms with E-state index in [1.807, 2.05) is 26.8 Å². The van der Waals surface area contributed by atoms with Gasteiger partial charge < -0.3 is 15.1 Å². The molecule has 1 N–H and O–H groups in total. The van der Waals surface area contributed by atoms with E-state index >= 15 is 0 Å². The second-order valence-corrected chi connectivity index (χ2v) is 11.1. The molecule has 5 rings (SSSR count). The molecule has 0 spiro atoms. The number of nitrogens with one attached hydrogen (secondary N) is 1. The fraction of sp³-hybridized carbons (Fsp3) is 0.552. The van der Waals surface area contributed by atoms with Crippen LogP contribution in [-0.4, -0.2) is 70.3 Å². The van der Waals surface area contributed by atoms with E-state index in [0.29, 0.717) is 39.5 Å². The Morgan fingerprint density at radius 1 is 1.23 bits per heavy atom. The number of carbonyl (C=O) groups is 1. The molecule has 2 fully saturated rings. The number of hydrogen-bond donors (Lipinski definition) is 1. The molecule has 2 saturated heterocycles. The number of hydrogen-bond acceptors (Lipinski definition) is 7. The number of amides is 1. The second-order valence-electron chi connectivity index (χ2n) is 10.3. The van der Waals surface area contributed by atoms with Gasteiger partial charge in [0.05, 0.1) is 12.2 Å². The van der Waals surface area contributed by atoms with Crippen LogP contribution in [0.15, 0.2) is 24.4 Å². The molecule has 1 aromatic carbocycles. The first kappa shape index (κ1) is 30.0. The normalized spacial score (nSPS) is 18.4. The zero-order chi connectivity index (χ0) is 28.8. The van der Waals surface area contributed by atoms with Crippen molar-refractivity contribution in [2.24, 2.45) is 11.8 Å². The summed E-state index contributed by atoms with van der Waals surface area (Å²) < 4.78 is 1.73. The highest BCUT2D eigenvalue weighted by Gasteiger charge is 2.36. The molecule has 2 unspecified atom stereocenters. The fourth-order valence-corrected chi connectivity index (χ4v) is 6.20. The van der Waals surface area contributed by atoms with Crippen LogP contribution < -0.4 is 10.2 Å². The summed E-state index contributed by atoms with van der Waals surface area (Å²) in [5, 5.41) is 18.0. The average Bonchev–Trinajstić information content (AvgIpc) is 3.31. The van der Waals surface area contributed by atoms with Crippen molar-refractivity contribution in [1.29, 1.82) is 5.26 Å². The van der Waals surface area contributed by atoms with Crippen LogP contribution >= 0.6 is 23.2 Å². The van der Waals surface area contributed by atoms with Gasteiger partial charge in [-0.15, -0.1) is 0 Å². The Bertz CT molecular complexity index is 1360. The van der Waals surface area contributed by atoms with Gasteiger partial charge >= 0.3 is 0 Å². The Morgan fingerprint density at radius 3 is 2.70 bits per heavy atom. The number of likely N-dealkylation sites (tertiary alicyclic amines) is 1. The summed E-state index contributed by atoms with van der Waals surface area (Å²) in [7, 11) is 1.69. The third-order valence-electron chi connectivity index (χ3n) is 7.88. The molecule has 11 heteroatoms. The lowest BCUT2D eigenvalue weighted by atomic mass is 9.80. The van der Waals surface area contributed by atoms with E-state index in [1.165, 1.54) is 12.8 Å². The Kier molecular flexibility index (Phi) is 10.2. The molecule has 1 amide bonds. The number of halogens is 2. The van der Waals surface area contributed by atoms with Crippen LogP contribution in [0.5, 0.6) is 0 Å². The maximum Gasteiger partial charge on any atom is 0.219 e. The highest BCUT2D eigenvalue weighted by molar-refractivity contribution is 6.35. The van der Waals surface area contributed by atoms with Crippen LogP contribution in [0.1, 0.15) is 63.8 Å². The summed E-state index contributed by atoms with van der Waals surface area (Å²) in [6.45, 7) is 11.0. The molecule has 0 aliphatic carbocycles. The lowest BCUT2D eigenvalue weighted by Crippen LogP contribution is -2.54. The molecule has 0 radical (unpaired) electrons. The first-order valence-electron chi connectivity index (χ1n) is 14.2. The predicted molar refractivity (Wildman–Crippen MR) is 160 cm³/mol. The van der Waals surface area contributed by atoms with Crippen molar-refractivity contribution in [2.75, 3.05) is 44.7 Å². The van der Waals surface area contributed by atoms with E-state index in [-0.39, 0.29) is 17.6 Å². The minimum atomic E-state index is -0.255. The van der Waals surface area contributed by atoms with E-state index in [4.69, 9.17) is 28.2 Å². The van der Waals surface area contributed by atoms with E-state index in [2.05, 4.69) is 31.3 Å². The van der Waals surface area contributed by atoms with Gasteiger partial charge in [-0.25, -0.2) is 14.6 Å². The van der Waals surface area contributed by atoms with E-state index in [0.717, 1.165) is 50.5 Å². The van der Waals surface area contributed by atoms with E-state index in [9.17, 15) is 10.1 Å². The molecule has 2 atom stereocenters. The van der Waals surface area contributed by atoms with Crippen LogP contribution in [0.3, 0.4) is 0 Å². The van der Waals surface area contributed by atoms with Gasteiger partial charge in [0.1, 0.15) is 17.4 Å². The number of nitriles is 1. The maximum absolute atomic E-state index is 11.5. The Morgan fingerprint density at radius 2 is 2.00 bits per heavy atom. The molecular weight excluding hydrogens is 547 g/mol. The average molecular weight is 586 g/mol. The van der Waals surface area contributed by atoms with Gasteiger partial charge in [-0.2, -0.15) is 10.4 Å². The largest absolute Gasteiger partial charge is 0.359 e. The van der Waals surface area contributed by atoms with Gasteiger partial charge in [-0.3, -0.25) is 4.79 Å². The summed E-state index contributed by atoms with van der Waals surface area (Å²) >= 11 is 12.6. The zero-order valence-corrected chi connectivity index (χ0v) is 25.2. The van der Waals surface area contributed by atoms with Gasteiger partial charge in [0.15, 0.2) is 11.3 Å². The van der Waals surface area contributed by atoms with Gasteiger partial charge in [-0.05, 0) is 68.8 Å². The predicted octanol–water partition coefficient (Wildman–Crippen LogP) is 5.31. The van der Waals surface area contributed by atoms with Crippen molar-refractivity contribution in [2.45, 2.75) is 52.5 Å². The molecule has 214 valence electrons. The molecule has 0 bridgehead atoms. The van der Waals surface area contributed by atoms with Crippen molar-refractivity contribution in [3.63, 3.8) is 0 Å². The summed E-state index contributed by atoms with van der Waals surface area (Å²) in [5.41, 5.74) is 2.15. The highest BCUT2D eigenvalue weighted by atomic mass is 35.5. The van der Waals surface area contributed by atoms with Crippen LogP contribution in [0.2, 0.25) is 10.0 Å². The highest BCUT2D eigenvalue weighted by Crippen LogP contribution is 2.35. The number of piperidine rings is 1. The third kappa shape index (κ3) is 6.51. The number of fused-ring (bicyclic) bond motifs is 1. The number of anilines is 1. The number of carbonyl (C=O) groups excluding carboxylic acids is 1. The van der Waals surface area contributed by atoms with Gasteiger partial charge in [0, 0.05) is 43.1 Å². The summed E-state index contributed by atoms with van der Waals surface area (Å²) in [6.07, 6.45) is 5.68. The van der Waals surface area contributed by atoms with Crippen molar-refractivity contribution in [3.8, 4) is 6.07 Å². The van der Waals surface area contributed by atoms with Gasteiger partial charge in [-0.1, -0.05) is 43.1 Å². The van der Waals surface area contributed by atoms with Crippen LogP contribution in [0.25, 0.3) is 11.2 Å². The summed E-state index contributed by atoms with van der Waals surface area (Å²) in [4.78, 5) is 25.8. The van der Waals surface area contributed by atoms with Crippen LogP contribution in [-0.2, 0) is 4.79 Å². The minimum absolute atomic E-state index is 0.111. The molecule has 2 aliphatic rings. The second kappa shape index (κ2) is 13.6. The number of benzene rings is 1. The van der Waals surface area contributed by atoms with Crippen molar-refractivity contribution >= 4 is 46.1 Å². The number of rotatable bonds is 8. The van der Waals surface area contributed by atoms with Gasteiger partial charge in [0.25, 0.3) is 0 Å². The van der Waals surface area contributed by atoms with E-state index < -0.39 is 0 Å². The smallest absolute Gasteiger partial charge is 0.219 e. The van der Waals surface area contributed by atoms with E-state index in [1.54, 1.807) is 30.1 Å². The van der Waals surface area contributed by atoms with Crippen molar-refractivity contribution in [3.05, 3.63) is 45.7 Å². The molecule has 4 heterocycles. The minimum Gasteiger partial charge on any atom is -0.359 e. The summed E-state index contributed by atoms with van der Waals surface area (Å²) in [5.74, 6) is 2.17. The molecule has 3 aromatic rings. The third-order valence-corrected chi connectivity index (χ3v) is 8.44. The van der Waals surface area contributed by atoms with Crippen LogP contribution in [0.4, 0.5) is 5.82 Å². The molecule has 2 aromatic heterocycles. The monoisotopic (exact) mass is 584 g/mol. The molecular formula is C29H38Cl2N8O. The zero-order valence-electron chi connectivity index (χ0n) is 23.7. The quantitative estimate of drug-likeness (QED) is 0.382. The molecule has 9 nitrogen and oxygen atoms in total. The SMILES string of the molecule is CC.CNC(=O)CCCN1CCCC(C2CN(c3cnc4c(C#N)nn(C(C)c5ccc(Cl)cc5Cl)c4n3)C2)C1. The topological polar surface area (TPSA) is 103 Å². The maximum atomic E-state index is 11.5. The standard InChI is InChI=1S/C27H32Cl2N8O.C2H6/c1-17(21-8-7-20(28)11-22(21)29)37-27-26(23(12-30)34-37)32-13-24(33-27)36-15-19(16-36)18-5-3-9-35(14-18)10-4-6-25(38)31-2;1-2/h7-8,11,13,17-19H,3-6,9-10,14-16H2,1-2H3,(H,31,38);1-2H3. The van der Waals surface area contributed by atoms with Gasteiger partial charge in [0.2, 0.25) is 5.91 Å². The Labute approximate surface area is 246 Å². The first-order valence-corrected chi connectivity index (χ1v) is 14.9.